The predicted molar refractivity (Wildman–Crippen MR) is 365 cm³/mol. The number of esters is 3. The minimum Gasteiger partial charge on any atom is -0.462 e. The summed E-state index contributed by atoms with van der Waals surface area (Å²) < 4.78 is 64.7. The number of aliphatic hydroxyl groups is 10. The minimum atomic E-state index is -5.71. The summed E-state index contributed by atoms with van der Waals surface area (Å²) in [5.74, 6) is -2.24. The Morgan fingerprint density at radius 1 is 0.423 bits per heavy atom. The van der Waals surface area contributed by atoms with Crippen molar-refractivity contribution >= 4 is 25.7 Å². The van der Waals surface area contributed by atoms with Crippen molar-refractivity contribution in [3.05, 3.63) is 36.5 Å². The monoisotopic (exact) mass is 1410 g/mol. The van der Waals surface area contributed by atoms with Crippen LogP contribution < -0.4 is 0 Å². The quantitative estimate of drug-likeness (QED) is 0.00513. The van der Waals surface area contributed by atoms with Crippen molar-refractivity contribution in [2.24, 2.45) is 0 Å². The predicted octanol–water partition coefficient (Wildman–Crippen LogP) is 9.90. The summed E-state index contributed by atoms with van der Waals surface area (Å²) in [4.78, 5) is 50.8. The van der Waals surface area contributed by atoms with Gasteiger partial charge in [-0.15, -0.1) is 0 Å². The highest BCUT2D eigenvalue weighted by molar-refractivity contribution is 7.47. The first kappa shape index (κ1) is 88.4. The van der Waals surface area contributed by atoms with Gasteiger partial charge in [-0.1, -0.05) is 237 Å². The van der Waals surface area contributed by atoms with E-state index in [9.17, 15) is 74.9 Å². The molecule has 97 heavy (non-hydrogen) atoms. The molecule has 18 atom stereocenters. The van der Waals surface area contributed by atoms with Gasteiger partial charge in [0.1, 0.15) is 98.7 Å². The molecule has 2 aliphatic heterocycles. The van der Waals surface area contributed by atoms with E-state index in [1.807, 2.05) is 6.08 Å². The van der Waals surface area contributed by atoms with Crippen molar-refractivity contribution in [1.82, 2.24) is 0 Å². The van der Waals surface area contributed by atoms with E-state index in [2.05, 4.69) is 32.9 Å². The third kappa shape index (κ3) is 37.3. The number of carbonyl (C=O) groups excluding carboxylic acids is 3. The number of hydrogen-bond acceptors (Lipinski definition) is 23. The first-order chi connectivity index (χ1) is 46.8. The van der Waals surface area contributed by atoms with Gasteiger partial charge in [0.2, 0.25) is 0 Å². The van der Waals surface area contributed by atoms with E-state index in [0.717, 1.165) is 96.0 Å². The van der Waals surface area contributed by atoms with Crippen molar-refractivity contribution in [2.75, 3.05) is 26.4 Å². The SMILES string of the molecule is CCCCCCCC/C=C\CCCCCC(=O)OCC(COP(=O)(O)OC1C(OC2OC(CO)C(O)C(O)C2O)C(O)C(O)C(O)C1OC1OC(COC(=O)/C=C/C=C/CCCCCCCCCCCCC)C(O)C(O)C1O)OC(=O)CCCCCCCCCCCCCCCC. The number of hydrogen-bond donors (Lipinski definition) is 11. The Kier molecular flexibility index (Phi) is 49.1. The number of phosphoric acid groups is 1. The fourth-order valence-electron chi connectivity index (χ4n) is 12.1. The zero-order chi connectivity index (χ0) is 71.1. The maximum absolute atomic E-state index is 14.3. The summed E-state index contributed by atoms with van der Waals surface area (Å²) in [6.45, 7) is 3.33. The van der Waals surface area contributed by atoms with E-state index in [0.29, 0.717) is 12.8 Å². The van der Waals surface area contributed by atoms with Crippen molar-refractivity contribution in [3.8, 4) is 0 Å². The number of ether oxygens (including phenoxy) is 7. The Morgan fingerprint density at radius 3 is 1.26 bits per heavy atom. The average molecular weight is 1410 g/mol. The van der Waals surface area contributed by atoms with Crippen LogP contribution in [0.25, 0.3) is 0 Å². The van der Waals surface area contributed by atoms with E-state index in [1.54, 1.807) is 6.08 Å². The Bertz CT molecular complexity index is 2150. The minimum absolute atomic E-state index is 0.0229. The van der Waals surface area contributed by atoms with Crippen molar-refractivity contribution in [3.63, 3.8) is 0 Å². The lowest BCUT2D eigenvalue weighted by Gasteiger charge is -2.49. The highest BCUT2D eigenvalue weighted by Gasteiger charge is 2.58. The third-order valence-corrected chi connectivity index (χ3v) is 19.2. The molecule has 0 bridgehead atoms. The van der Waals surface area contributed by atoms with Gasteiger partial charge in [-0.05, 0) is 51.4 Å². The van der Waals surface area contributed by atoms with Crippen LogP contribution in [0.1, 0.15) is 271 Å². The van der Waals surface area contributed by atoms with Crippen LogP contribution in [0.2, 0.25) is 0 Å². The van der Waals surface area contributed by atoms with Crippen LogP contribution in [-0.2, 0) is 61.2 Å². The fraction of sp³-hybridized carbons (Fsp3) is 0.875. The standard InChI is InChI=1S/C72H129O24P/c1-4-7-10-13-16-19-22-25-27-30-32-35-38-41-44-47-57(75)89-52-55-60(78)62(80)67(85)72(93-55)95-69-65(83)63(81)64(82)68(94-71-66(84)61(79)59(77)54(49-73)92-71)70(69)96-97(86,87)90-51-53(50-88-56(74)46-43-40-37-34-31-28-24-21-18-15-12-9-6-3)91-58(76)48-45-42-39-36-33-29-26-23-20-17-14-11-8-5-2/h28,31,38,41,44,47,53-55,59-73,77-85H,4-27,29-30,32-37,39-40,42-43,45-46,48-52H2,1-3H3,(H,86,87)/b31-28-,41-38+,47-44+. The molecular weight excluding hydrogens is 1280 g/mol. The molecule has 566 valence electrons. The zero-order valence-electron chi connectivity index (χ0n) is 58.9. The van der Waals surface area contributed by atoms with Crippen LogP contribution in [0.15, 0.2) is 36.5 Å². The van der Waals surface area contributed by atoms with Crippen LogP contribution in [0.4, 0.5) is 0 Å². The van der Waals surface area contributed by atoms with Crippen LogP contribution >= 0.6 is 7.82 Å². The second kappa shape index (κ2) is 53.9. The molecule has 2 heterocycles. The average Bonchev–Trinajstić information content (AvgIpc) is 0.763. The van der Waals surface area contributed by atoms with Gasteiger partial charge in [0, 0.05) is 18.9 Å². The molecule has 1 saturated carbocycles. The zero-order valence-corrected chi connectivity index (χ0v) is 59.8. The van der Waals surface area contributed by atoms with Gasteiger partial charge >= 0.3 is 25.7 Å². The Morgan fingerprint density at radius 2 is 0.804 bits per heavy atom. The summed E-state index contributed by atoms with van der Waals surface area (Å²) in [7, 11) is -5.71. The largest absolute Gasteiger partial charge is 0.472 e. The van der Waals surface area contributed by atoms with Crippen molar-refractivity contribution in [1.29, 1.82) is 0 Å². The molecular formula is C72H129O24P. The van der Waals surface area contributed by atoms with Crippen LogP contribution in [0, 0.1) is 0 Å². The number of allylic oxidation sites excluding steroid dienone is 5. The van der Waals surface area contributed by atoms with Crippen LogP contribution in [-0.4, -0.2) is 204 Å². The highest BCUT2D eigenvalue weighted by atomic mass is 31.2. The first-order valence-corrected chi connectivity index (χ1v) is 38.8. The van der Waals surface area contributed by atoms with Gasteiger partial charge in [-0.2, -0.15) is 0 Å². The van der Waals surface area contributed by atoms with E-state index in [1.165, 1.54) is 141 Å². The lowest BCUT2D eigenvalue weighted by molar-refractivity contribution is -0.360. The van der Waals surface area contributed by atoms with Crippen LogP contribution in [0.3, 0.4) is 0 Å². The molecule has 24 nitrogen and oxygen atoms in total. The molecule has 3 aliphatic rings. The lowest BCUT2D eigenvalue weighted by Crippen LogP contribution is -2.69. The number of unbranched alkanes of at least 4 members (excludes halogenated alkanes) is 33. The maximum Gasteiger partial charge on any atom is 0.472 e. The van der Waals surface area contributed by atoms with Gasteiger partial charge in [-0.25, -0.2) is 9.36 Å². The molecule has 2 saturated heterocycles. The third-order valence-electron chi connectivity index (χ3n) is 18.2. The van der Waals surface area contributed by atoms with E-state index < -0.39 is 156 Å². The summed E-state index contributed by atoms with van der Waals surface area (Å²) in [6, 6.07) is 0. The molecule has 3 fully saturated rings. The van der Waals surface area contributed by atoms with E-state index in [-0.39, 0.29) is 12.8 Å². The molecule has 0 aromatic carbocycles. The molecule has 1 aliphatic carbocycles. The van der Waals surface area contributed by atoms with Crippen LogP contribution in [0.5, 0.6) is 0 Å². The first-order valence-electron chi connectivity index (χ1n) is 37.3. The van der Waals surface area contributed by atoms with Gasteiger partial charge in [-0.3, -0.25) is 18.6 Å². The van der Waals surface area contributed by atoms with E-state index in [4.69, 9.17) is 42.2 Å². The topological polar surface area (TPSA) is 374 Å². The highest BCUT2D eigenvalue weighted by Crippen LogP contribution is 2.49. The maximum atomic E-state index is 14.3. The van der Waals surface area contributed by atoms with Gasteiger partial charge in [0.05, 0.1) is 13.2 Å². The molecule has 25 heteroatoms. The van der Waals surface area contributed by atoms with Gasteiger partial charge < -0.3 is 89.1 Å². The smallest absolute Gasteiger partial charge is 0.462 e. The molecule has 18 unspecified atom stereocenters. The lowest BCUT2D eigenvalue weighted by atomic mass is 9.84. The Hall–Kier alpha value is -2.82. The van der Waals surface area contributed by atoms with Crippen molar-refractivity contribution in [2.45, 2.75) is 375 Å². The summed E-state index contributed by atoms with van der Waals surface area (Å²) in [5.41, 5.74) is 0. The molecule has 0 aromatic heterocycles. The van der Waals surface area contributed by atoms with E-state index >= 15 is 0 Å². The normalized spacial score (nSPS) is 28.0. The molecule has 0 amide bonds. The number of carbonyl (C=O) groups is 3. The summed E-state index contributed by atoms with van der Waals surface area (Å²) in [6.07, 6.45) is 15.7. The second-order valence-electron chi connectivity index (χ2n) is 26.7. The molecule has 3 rings (SSSR count). The number of rotatable bonds is 57. The molecule has 0 radical (unpaired) electrons. The Balaban J connectivity index is 1.76. The Labute approximate surface area is 578 Å². The summed E-state index contributed by atoms with van der Waals surface area (Å²) >= 11 is 0. The van der Waals surface area contributed by atoms with Gasteiger partial charge in [0.25, 0.3) is 0 Å². The summed E-state index contributed by atoms with van der Waals surface area (Å²) in [5, 5.41) is 110. The molecule has 0 aromatic rings. The van der Waals surface area contributed by atoms with Crippen molar-refractivity contribution < 1.29 is 117 Å². The second-order valence-corrected chi connectivity index (χ2v) is 28.1. The fourth-order valence-corrected chi connectivity index (χ4v) is 13.1. The number of phosphoric ester groups is 1. The van der Waals surface area contributed by atoms with Gasteiger partial charge in [0.15, 0.2) is 18.7 Å². The molecule has 0 spiro atoms. The number of aliphatic hydroxyl groups excluding tert-OH is 10. The molecule has 11 N–H and O–H groups in total.